The van der Waals surface area contributed by atoms with Gasteiger partial charge in [-0.15, -0.1) is 0 Å². The van der Waals surface area contributed by atoms with E-state index in [0.29, 0.717) is 18.0 Å². The van der Waals surface area contributed by atoms with Gasteiger partial charge in [0.1, 0.15) is 5.69 Å². The lowest BCUT2D eigenvalue weighted by Crippen LogP contribution is -2.31. The van der Waals surface area contributed by atoms with Gasteiger partial charge >= 0.3 is 0 Å². The smallest absolute Gasteiger partial charge is 0.276 e. The summed E-state index contributed by atoms with van der Waals surface area (Å²) in [6, 6.07) is 17.2. The zero-order chi connectivity index (χ0) is 18.1. The Morgan fingerprint density at radius 2 is 1.88 bits per heavy atom. The summed E-state index contributed by atoms with van der Waals surface area (Å²) in [6.45, 7) is 2.53. The number of carbonyl (C=O) groups excluding carboxylic acids is 1. The average molecular weight is 349 g/mol. The predicted molar refractivity (Wildman–Crippen MR) is 97.5 cm³/mol. The van der Waals surface area contributed by atoms with Crippen molar-refractivity contribution in [2.24, 2.45) is 7.05 Å². The van der Waals surface area contributed by atoms with Crippen molar-refractivity contribution in [3.05, 3.63) is 71.5 Å². The van der Waals surface area contributed by atoms with Crippen LogP contribution in [-0.2, 0) is 13.6 Å². The van der Waals surface area contributed by atoms with Crippen LogP contribution in [-0.4, -0.2) is 22.5 Å². The normalized spacial score (nSPS) is 12.2. The summed E-state index contributed by atoms with van der Waals surface area (Å²) in [5, 5.41) is 4.30. The van der Waals surface area contributed by atoms with Crippen LogP contribution in [0.4, 0.5) is 5.69 Å². The van der Waals surface area contributed by atoms with Crippen LogP contribution in [0.1, 0.15) is 21.7 Å². The molecule has 1 aliphatic heterocycles. The molecule has 6 heteroatoms. The van der Waals surface area contributed by atoms with E-state index in [1.807, 2.05) is 55.5 Å². The molecule has 6 nitrogen and oxygen atoms in total. The minimum absolute atomic E-state index is 0.100. The standard InChI is InChI=1S/C20H19N3O3/c1-14-10-17(22(2)21-14)20(24)23(16-6-4-3-5-7-16)12-15-8-9-18-19(11-15)26-13-25-18/h3-11H,12-13H2,1-2H3. The van der Waals surface area contributed by atoms with E-state index in [0.717, 1.165) is 22.7 Å². The SMILES string of the molecule is Cc1cc(C(=O)N(Cc2ccc3c(c2)OCO3)c2ccccc2)n(C)n1. The summed E-state index contributed by atoms with van der Waals surface area (Å²) in [7, 11) is 1.78. The molecule has 2 heterocycles. The second-order valence-electron chi connectivity index (χ2n) is 6.21. The molecule has 0 fully saturated rings. The average Bonchev–Trinajstić information content (AvgIpc) is 3.25. The van der Waals surface area contributed by atoms with Gasteiger partial charge in [0, 0.05) is 12.7 Å². The van der Waals surface area contributed by atoms with E-state index in [1.54, 1.807) is 22.7 Å². The summed E-state index contributed by atoms with van der Waals surface area (Å²) in [5.41, 5.74) is 3.15. The molecule has 0 unspecified atom stereocenters. The highest BCUT2D eigenvalue weighted by Crippen LogP contribution is 2.33. The number of anilines is 1. The molecule has 0 spiro atoms. The lowest BCUT2D eigenvalue weighted by Gasteiger charge is -2.23. The minimum atomic E-state index is -0.100. The van der Waals surface area contributed by atoms with E-state index in [2.05, 4.69) is 5.10 Å². The van der Waals surface area contributed by atoms with Crippen molar-refractivity contribution in [2.75, 3.05) is 11.7 Å². The zero-order valence-corrected chi connectivity index (χ0v) is 14.7. The van der Waals surface area contributed by atoms with Crippen molar-refractivity contribution >= 4 is 11.6 Å². The number of amides is 1. The maximum Gasteiger partial charge on any atom is 0.276 e. The maximum atomic E-state index is 13.2. The number of ether oxygens (including phenoxy) is 2. The first kappa shape index (κ1) is 16.2. The van der Waals surface area contributed by atoms with E-state index in [9.17, 15) is 4.79 Å². The first-order chi connectivity index (χ1) is 12.6. The van der Waals surface area contributed by atoms with Crippen molar-refractivity contribution in [1.82, 2.24) is 9.78 Å². The Morgan fingerprint density at radius 1 is 1.12 bits per heavy atom. The third-order valence-corrected chi connectivity index (χ3v) is 4.31. The van der Waals surface area contributed by atoms with Gasteiger partial charge in [-0.2, -0.15) is 5.10 Å². The molecule has 1 amide bonds. The molecule has 26 heavy (non-hydrogen) atoms. The van der Waals surface area contributed by atoms with Crippen LogP contribution in [0.2, 0.25) is 0 Å². The molecular weight excluding hydrogens is 330 g/mol. The molecule has 132 valence electrons. The number of aryl methyl sites for hydroxylation is 2. The first-order valence-corrected chi connectivity index (χ1v) is 8.38. The van der Waals surface area contributed by atoms with E-state index in [4.69, 9.17) is 9.47 Å². The molecule has 0 atom stereocenters. The van der Waals surface area contributed by atoms with Gasteiger partial charge in [0.2, 0.25) is 6.79 Å². The van der Waals surface area contributed by atoms with Crippen molar-refractivity contribution in [1.29, 1.82) is 0 Å². The highest BCUT2D eigenvalue weighted by molar-refractivity contribution is 6.05. The number of hydrogen-bond donors (Lipinski definition) is 0. The molecule has 1 aliphatic rings. The highest BCUT2D eigenvalue weighted by atomic mass is 16.7. The fraction of sp³-hybridized carbons (Fsp3) is 0.200. The lowest BCUT2D eigenvalue weighted by atomic mass is 10.1. The Labute approximate surface area is 151 Å². The third-order valence-electron chi connectivity index (χ3n) is 4.31. The number of rotatable bonds is 4. The van der Waals surface area contributed by atoms with E-state index in [1.165, 1.54) is 0 Å². The van der Waals surface area contributed by atoms with Crippen molar-refractivity contribution < 1.29 is 14.3 Å². The molecule has 1 aromatic heterocycles. The Kier molecular flexibility index (Phi) is 4.08. The molecular formula is C20H19N3O3. The fourth-order valence-corrected chi connectivity index (χ4v) is 3.06. The Balaban J connectivity index is 1.69. The van der Waals surface area contributed by atoms with Gasteiger partial charge in [-0.05, 0) is 42.8 Å². The van der Waals surface area contributed by atoms with Crippen LogP contribution in [0.5, 0.6) is 11.5 Å². The Hall–Kier alpha value is -3.28. The molecule has 3 aromatic rings. The van der Waals surface area contributed by atoms with Gasteiger partial charge in [0.25, 0.3) is 5.91 Å². The van der Waals surface area contributed by atoms with Crippen LogP contribution < -0.4 is 14.4 Å². The lowest BCUT2D eigenvalue weighted by molar-refractivity contribution is 0.0976. The number of fused-ring (bicyclic) bond motifs is 1. The van der Waals surface area contributed by atoms with Crippen molar-refractivity contribution in [2.45, 2.75) is 13.5 Å². The van der Waals surface area contributed by atoms with Gasteiger partial charge in [-0.1, -0.05) is 24.3 Å². The zero-order valence-electron chi connectivity index (χ0n) is 14.7. The molecule has 0 bridgehead atoms. The van der Waals surface area contributed by atoms with Crippen molar-refractivity contribution in [3.63, 3.8) is 0 Å². The van der Waals surface area contributed by atoms with Crippen LogP contribution >= 0.6 is 0 Å². The van der Waals surface area contributed by atoms with E-state index < -0.39 is 0 Å². The maximum absolute atomic E-state index is 13.2. The minimum Gasteiger partial charge on any atom is -0.454 e. The molecule has 0 aliphatic carbocycles. The molecule has 0 N–H and O–H groups in total. The highest BCUT2D eigenvalue weighted by Gasteiger charge is 2.22. The summed E-state index contributed by atoms with van der Waals surface area (Å²) >= 11 is 0. The predicted octanol–water partition coefficient (Wildman–Crippen LogP) is 3.30. The van der Waals surface area contributed by atoms with Gasteiger partial charge in [0.05, 0.1) is 12.2 Å². The number of benzene rings is 2. The van der Waals surface area contributed by atoms with Gasteiger partial charge in [-0.25, -0.2) is 0 Å². The van der Waals surface area contributed by atoms with Crippen LogP contribution in [0, 0.1) is 6.92 Å². The van der Waals surface area contributed by atoms with Gasteiger partial charge in [0.15, 0.2) is 11.5 Å². The van der Waals surface area contributed by atoms with Crippen LogP contribution in [0.3, 0.4) is 0 Å². The Morgan fingerprint density at radius 3 is 2.62 bits per heavy atom. The molecule has 0 saturated carbocycles. The second kappa shape index (κ2) is 6.55. The van der Waals surface area contributed by atoms with Gasteiger partial charge < -0.3 is 14.4 Å². The number of para-hydroxylation sites is 1. The summed E-state index contributed by atoms with van der Waals surface area (Å²) in [6.07, 6.45) is 0. The van der Waals surface area contributed by atoms with Crippen LogP contribution in [0.15, 0.2) is 54.6 Å². The summed E-state index contributed by atoms with van der Waals surface area (Å²) in [4.78, 5) is 15.0. The van der Waals surface area contributed by atoms with Gasteiger partial charge in [-0.3, -0.25) is 9.48 Å². The van der Waals surface area contributed by atoms with Crippen molar-refractivity contribution in [3.8, 4) is 11.5 Å². The second-order valence-corrected chi connectivity index (χ2v) is 6.21. The first-order valence-electron chi connectivity index (χ1n) is 8.38. The third kappa shape index (κ3) is 3.01. The van der Waals surface area contributed by atoms with E-state index in [-0.39, 0.29) is 12.7 Å². The molecule has 4 rings (SSSR count). The number of carbonyl (C=O) groups is 1. The molecule has 0 radical (unpaired) electrons. The quantitative estimate of drug-likeness (QED) is 0.725. The molecule has 0 saturated heterocycles. The largest absolute Gasteiger partial charge is 0.454 e. The van der Waals surface area contributed by atoms with E-state index >= 15 is 0 Å². The Bertz CT molecular complexity index is 950. The number of nitrogens with zero attached hydrogens (tertiary/aromatic N) is 3. The number of aromatic nitrogens is 2. The monoisotopic (exact) mass is 349 g/mol. The van der Waals surface area contributed by atoms with Crippen LogP contribution in [0.25, 0.3) is 0 Å². The topological polar surface area (TPSA) is 56.6 Å². The fourth-order valence-electron chi connectivity index (χ4n) is 3.06. The summed E-state index contributed by atoms with van der Waals surface area (Å²) in [5.74, 6) is 1.34. The molecule has 2 aromatic carbocycles. The number of hydrogen-bond acceptors (Lipinski definition) is 4. The summed E-state index contributed by atoms with van der Waals surface area (Å²) < 4.78 is 12.4.